The largest absolute Gasteiger partial charge is 0.313 e. The fourth-order valence-electron chi connectivity index (χ4n) is 1.78. The average molecular weight is 391 g/mol. The van der Waals surface area contributed by atoms with Gasteiger partial charge < -0.3 is 5.32 Å². The van der Waals surface area contributed by atoms with E-state index in [1.165, 1.54) is 10.5 Å². The summed E-state index contributed by atoms with van der Waals surface area (Å²) in [6, 6.07) is 12.0. The minimum atomic E-state index is 0.257. The zero-order chi connectivity index (χ0) is 14.7. The highest BCUT2D eigenvalue weighted by Gasteiger charge is 2.12. The molecule has 0 aliphatic carbocycles. The van der Waals surface area contributed by atoms with Crippen molar-refractivity contribution >= 4 is 50.9 Å². The Morgan fingerprint density at radius 1 is 1.10 bits per heavy atom. The molecule has 0 bridgehead atoms. The van der Waals surface area contributed by atoms with Crippen LogP contribution in [0.5, 0.6) is 0 Å². The highest BCUT2D eigenvalue weighted by atomic mass is 79.9. The Labute approximate surface area is 142 Å². The maximum atomic E-state index is 6.24. The van der Waals surface area contributed by atoms with Crippen LogP contribution >= 0.6 is 50.9 Å². The second-order valence-corrected chi connectivity index (χ2v) is 7.21. The van der Waals surface area contributed by atoms with Gasteiger partial charge in [0.15, 0.2) is 0 Å². The van der Waals surface area contributed by atoms with E-state index >= 15 is 0 Å². The third kappa shape index (κ3) is 3.92. The zero-order valence-electron chi connectivity index (χ0n) is 11.1. The van der Waals surface area contributed by atoms with Crippen molar-refractivity contribution in [2.24, 2.45) is 0 Å². The number of hydrogen-bond donors (Lipinski definition) is 1. The summed E-state index contributed by atoms with van der Waals surface area (Å²) in [6.45, 7) is 2.13. The summed E-state index contributed by atoms with van der Waals surface area (Å²) in [5.74, 6) is 0. The Bertz CT molecular complexity index is 619. The fraction of sp³-hybridized carbons (Fsp3) is 0.200. The molecule has 0 aromatic heterocycles. The summed E-state index contributed by atoms with van der Waals surface area (Å²) in [5.41, 5.74) is 1.22. The van der Waals surface area contributed by atoms with Crippen molar-refractivity contribution in [3.05, 3.63) is 56.5 Å². The lowest BCUT2D eigenvalue weighted by atomic mass is 10.1. The van der Waals surface area contributed by atoms with Crippen LogP contribution in [0, 0.1) is 0 Å². The van der Waals surface area contributed by atoms with Gasteiger partial charge in [0.1, 0.15) is 0 Å². The molecule has 1 unspecified atom stereocenters. The summed E-state index contributed by atoms with van der Waals surface area (Å²) < 4.78 is 1.07. The van der Waals surface area contributed by atoms with E-state index in [-0.39, 0.29) is 6.04 Å². The Morgan fingerprint density at radius 3 is 2.55 bits per heavy atom. The van der Waals surface area contributed by atoms with Gasteiger partial charge in [-0.2, -0.15) is 0 Å². The standard InChI is InChI=1S/C15H14BrCl2NS/c1-9(19-2)12-7-10(16)3-6-14(12)20-15-8-11(17)4-5-13(15)18/h3-9,19H,1-2H3. The molecule has 0 amide bonds. The Balaban J connectivity index is 2.40. The monoisotopic (exact) mass is 389 g/mol. The molecule has 0 saturated heterocycles. The maximum Gasteiger partial charge on any atom is 0.0546 e. The quantitative estimate of drug-likeness (QED) is 0.667. The molecular weight excluding hydrogens is 377 g/mol. The molecule has 2 aromatic rings. The van der Waals surface area contributed by atoms with Gasteiger partial charge in [0.2, 0.25) is 0 Å². The maximum absolute atomic E-state index is 6.24. The lowest BCUT2D eigenvalue weighted by Gasteiger charge is -2.16. The molecule has 1 atom stereocenters. The van der Waals surface area contributed by atoms with Crippen molar-refractivity contribution in [2.75, 3.05) is 7.05 Å². The van der Waals surface area contributed by atoms with Crippen molar-refractivity contribution in [1.29, 1.82) is 0 Å². The number of halogens is 3. The van der Waals surface area contributed by atoms with Crippen LogP contribution in [0.2, 0.25) is 10.0 Å². The smallest absolute Gasteiger partial charge is 0.0546 e. The topological polar surface area (TPSA) is 12.0 Å². The molecule has 0 heterocycles. The lowest BCUT2D eigenvalue weighted by Crippen LogP contribution is -2.13. The van der Waals surface area contributed by atoms with Crippen LogP contribution in [-0.4, -0.2) is 7.05 Å². The molecule has 0 spiro atoms. The van der Waals surface area contributed by atoms with Gasteiger partial charge in [-0.25, -0.2) is 0 Å². The number of hydrogen-bond acceptors (Lipinski definition) is 2. The van der Waals surface area contributed by atoms with Gasteiger partial charge in [-0.15, -0.1) is 0 Å². The molecule has 0 aliphatic rings. The zero-order valence-corrected chi connectivity index (χ0v) is 15.0. The summed E-state index contributed by atoms with van der Waals surface area (Å²) in [6.07, 6.45) is 0. The van der Waals surface area contributed by atoms with Crippen LogP contribution in [0.1, 0.15) is 18.5 Å². The predicted molar refractivity (Wildman–Crippen MR) is 92.2 cm³/mol. The first-order valence-corrected chi connectivity index (χ1v) is 8.47. The van der Waals surface area contributed by atoms with Crippen molar-refractivity contribution in [2.45, 2.75) is 22.8 Å². The molecule has 0 fully saturated rings. The van der Waals surface area contributed by atoms with E-state index in [1.807, 2.05) is 25.2 Å². The summed E-state index contributed by atoms with van der Waals surface area (Å²) >= 11 is 17.4. The molecule has 2 aromatic carbocycles. The van der Waals surface area contributed by atoms with Gasteiger partial charge >= 0.3 is 0 Å². The van der Waals surface area contributed by atoms with Crippen LogP contribution in [0.25, 0.3) is 0 Å². The van der Waals surface area contributed by atoms with Crippen molar-refractivity contribution < 1.29 is 0 Å². The fourth-order valence-corrected chi connectivity index (χ4v) is 3.71. The van der Waals surface area contributed by atoms with E-state index in [0.29, 0.717) is 10.0 Å². The summed E-state index contributed by atoms with van der Waals surface area (Å²) in [5, 5.41) is 4.67. The van der Waals surface area contributed by atoms with E-state index in [0.717, 1.165) is 9.37 Å². The molecule has 0 aliphatic heterocycles. The van der Waals surface area contributed by atoms with Crippen molar-refractivity contribution in [3.8, 4) is 0 Å². The van der Waals surface area contributed by atoms with Gasteiger partial charge in [-0.3, -0.25) is 0 Å². The minimum Gasteiger partial charge on any atom is -0.313 e. The molecule has 5 heteroatoms. The van der Waals surface area contributed by atoms with Crippen molar-refractivity contribution in [3.63, 3.8) is 0 Å². The van der Waals surface area contributed by atoms with Crippen LogP contribution in [0.15, 0.2) is 50.7 Å². The Hall–Kier alpha value is -0.190. The average Bonchev–Trinajstić information content (AvgIpc) is 2.43. The van der Waals surface area contributed by atoms with Gasteiger partial charge in [-0.1, -0.05) is 50.9 Å². The SMILES string of the molecule is CNC(C)c1cc(Br)ccc1Sc1cc(Cl)ccc1Cl. The lowest BCUT2D eigenvalue weighted by molar-refractivity contribution is 0.641. The number of benzene rings is 2. The van der Waals surface area contributed by atoms with E-state index in [1.54, 1.807) is 17.8 Å². The van der Waals surface area contributed by atoms with E-state index in [2.05, 4.69) is 40.3 Å². The first kappa shape index (κ1) is 16.2. The van der Waals surface area contributed by atoms with E-state index in [4.69, 9.17) is 23.2 Å². The van der Waals surface area contributed by atoms with Gasteiger partial charge in [0, 0.05) is 25.3 Å². The van der Waals surface area contributed by atoms with Crippen LogP contribution < -0.4 is 5.32 Å². The highest BCUT2D eigenvalue weighted by molar-refractivity contribution is 9.10. The third-order valence-electron chi connectivity index (χ3n) is 2.98. The predicted octanol–water partition coefficient (Wildman–Crippen LogP) is 6.19. The Kier molecular flexibility index (Phi) is 5.82. The second-order valence-electron chi connectivity index (χ2n) is 4.37. The minimum absolute atomic E-state index is 0.257. The normalized spacial score (nSPS) is 12.4. The van der Waals surface area contributed by atoms with Crippen molar-refractivity contribution in [1.82, 2.24) is 5.32 Å². The molecular formula is C15H14BrCl2NS. The Morgan fingerprint density at radius 2 is 1.85 bits per heavy atom. The molecule has 20 heavy (non-hydrogen) atoms. The molecule has 106 valence electrons. The molecule has 1 nitrogen and oxygen atoms in total. The van der Waals surface area contributed by atoms with Gasteiger partial charge in [0.05, 0.1) is 5.02 Å². The molecule has 2 rings (SSSR count). The van der Waals surface area contributed by atoms with Gasteiger partial charge in [-0.05, 0) is 55.9 Å². The van der Waals surface area contributed by atoms with Crippen LogP contribution in [-0.2, 0) is 0 Å². The van der Waals surface area contributed by atoms with Crippen LogP contribution in [0.4, 0.5) is 0 Å². The van der Waals surface area contributed by atoms with Crippen LogP contribution in [0.3, 0.4) is 0 Å². The molecule has 0 saturated carbocycles. The first-order valence-electron chi connectivity index (χ1n) is 6.11. The van der Waals surface area contributed by atoms with E-state index in [9.17, 15) is 0 Å². The number of rotatable bonds is 4. The first-order chi connectivity index (χ1) is 9.51. The summed E-state index contributed by atoms with van der Waals surface area (Å²) in [4.78, 5) is 2.13. The van der Waals surface area contributed by atoms with Gasteiger partial charge in [0.25, 0.3) is 0 Å². The second kappa shape index (κ2) is 7.19. The number of nitrogens with one attached hydrogen (secondary N) is 1. The highest BCUT2D eigenvalue weighted by Crippen LogP contribution is 2.39. The summed E-state index contributed by atoms with van der Waals surface area (Å²) in [7, 11) is 1.95. The molecule has 0 radical (unpaired) electrons. The molecule has 1 N–H and O–H groups in total. The third-order valence-corrected chi connectivity index (χ3v) is 5.30. The van der Waals surface area contributed by atoms with E-state index < -0.39 is 0 Å².